The van der Waals surface area contributed by atoms with Crippen molar-refractivity contribution in [2.75, 3.05) is 26.9 Å². The quantitative estimate of drug-likeness (QED) is 0.258. The van der Waals surface area contributed by atoms with Gasteiger partial charge in [0.2, 0.25) is 5.91 Å². The molecule has 0 aromatic heterocycles. The first kappa shape index (κ1) is 23.4. The van der Waals surface area contributed by atoms with Crippen molar-refractivity contribution in [2.45, 2.75) is 63.4 Å². The number of nitrogens with one attached hydrogen (secondary N) is 1. The van der Waals surface area contributed by atoms with Gasteiger partial charge in [0, 0.05) is 32.8 Å². The zero-order valence-corrected chi connectivity index (χ0v) is 16.5. The molecular weight excluding hydrogens is 366 g/mol. The summed E-state index contributed by atoms with van der Waals surface area (Å²) in [5, 5.41) is 41.0. The molecule has 2 unspecified atom stereocenters. The van der Waals surface area contributed by atoms with Gasteiger partial charge in [0.1, 0.15) is 24.4 Å². The van der Waals surface area contributed by atoms with E-state index in [1.165, 1.54) is 7.11 Å². The van der Waals surface area contributed by atoms with Gasteiger partial charge in [-0.15, -0.1) is 0 Å². The average Bonchev–Trinajstić information content (AvgIpc) is 2.62. The number of aliphatic hydroxyl groups excluding tert-OH is 4. The molecule has 154 valence electrons. The topological polar surface area (TPSA) is 147 Å². The summed E-state index contributed by atoms with van der Waals surface area (Å²) < 4.78 is 21.9. The molecule has 1 aliphatic rings. The molecule has 1 fully saturated rings. The summed E-state index contributed by atoms with van der Waals surface area (Å²) in [5.74, 6) is -0.415. The van der Waals surface area contributed by atoms with E-state index in [4.69, 9.17) is 23.1 Å². The number of hydrogen-bond donors (Lipinski definition) is 5. The maximum atomic E-state index is 12.1. The number of carbonyl (C=O) groups excluding carboxylic acids is 1. The summed E-state index contributed by atoms with van der Waals surface area (Å²) >= 11 is 0. The molecule has 0 aliphatic carbocycles. The Hall–Kier alpha value is -0.633. The number of rotatable bonds is 11. The summed E-state index contributed by atoms with van der Waals surface area (Å²) in [7, 11) is -1.29. The smallest absolute Gasteiger partial charge is 0.394 e. The zero-order valence-electron chi connectivity index (χ0n) is 15.5. The normalized spacial score (nSPS) is 29.6. The molecule has 1 rings (SSSR count). The highest BCUT2D eigenvalue weighted by molar-refractivity contribution is 6.60. The van der Waals surface area contributed by atoms with E-state index < -0.39 is 52.0 Å². The molecule has 0 saturated carbocycles. The molecule has 1 saturated heterocycles. The Morgan fingerprint density at radius 1 is 1.12 bits per heavy atom. The predicted octanol–water partition coefficient (Wildman–Crippen LogP) is -1.66. The van der Waals surface area contributed by atoms with Gasteiger partial charge in [-0.05, 0) is 20.3 Å². The number of carbonyl (C=O) groups is 1. The Kier molecular flexibility index (Phi) is 10.1. The molecule has 0 aromatic carbocycles. The van der Waals surface area contributed by atoms with Crippen LogP contribution in [0.4, 0.5) is 0 Å². The van der Waals surface area contributed by atoms with Crippen molar-refractivity contribution in [2.24, 2.45) is 0 Å². The van der Waals surface area contributed by atoms with Crippen molar-refractivity contribution in [3.05, 3.63) is 0 Å². The lowest BCUT2D eigenvalue weighted by Crippen LogP contribution is -2.63. The standard InChI is InChI=1S/C15H31NO9Si/c1-4-23-26(22-3,24-5-2)8-6-7-11(18)16-15-14(21)13(20)12(19)10(9-17)25-15/h10,12-15,17,19-21H,4-9H2,1-3H3,(H,16,18)/t10?,12-,13+,14?,15-/m1/s1. The first-order valence-corrected chi connectivity index (χ1v) is 10.7. The minimum absolute atomic E-state index is 0.104. The van der Waals surface area contributed by atoms with E-state index in [1.807, 2.05) is 13.8 Å². The summed E-state index contributed by atoms with van der Waals surface area (Å²) in [4.78, 5) is 12.1. The zero-order chi connectivity index (χ0) is 19.7. The van der Waals surface area contributed by atoms with Crippen LogP contribution in [0.1, 0.15) is 26.7 Å². The Morgan fingerprint density at radius 3 is 2.23 bits per heavy atom. The van der Waals surface area contributed by atoms with E-state index >= 15 is 0 Å². The summed E-state index contributed by atoms with van der Waals surface area (Å²) in [5.41, 5.74) is 0. The Morgan fingerprint density at radius 2 is 1.73 bits per heavy atom. The van der Waals surface area contributed by atoms with Crippen molar-refractivity contribution < 1.29 is 43.2 Å². The molecular formula is C15H31NO9Si. The van der Waals surface area contributed by atoms with Crippen LogP contribution in [0.3, 0.4) is 0 Å². The SMILES string of the molecule is CCO[Si](CCCC(=O)N[C@@H]1OC(CO)[C@@H](O)[C@H](O)C1O)(OC)OCC. The molecule has 0 radical (unpaired) electrons. The van der Waals surface area contributed by atoms with Crippen molar-refractivity contribution in [1.29, 1.82) is 0 Å². The van der Waals surface area contributed by atoms with Crippen molar-refractivity contribution >= 4 is 14.7 Å². The Balaban J connectivity index is 2.52. The molecule has 5 atom stereocenters. The van der Waals surface area contributed by atoms with E-state index in [0.717, 1.165) is 0 Å². The number of amides is 1. The fourth-order valence-electron chi connectivity index (χ4n) is 2.76. The van der Waals surface area contributed by atoms with E-state index in [2.05, 4.69) is 5.32 Å². The first-order chi connectivity index (χ1) is 12.3. The van der Waals surface area contributed by atoms with Crippen LogP contribution in [0.2, 0.25) is 6.04 Å². The second-order valence-electron chi connectivity index (χ2n) is 5.92. The average molecular weight is 397 g/mol. The second-order valence-corrected chi connectivity index (χ2v) is 8.78. The van der Waals surface area contributed by atoms with Crippen LogP contribution in [-0.4, -0.2) is 92.7 Å². The molecule has 5 N–H and O–H groups in total. The summed E-state index contributed by atoms with van der Waals surface area (Å²) in [6.07, 6.45) is -6.25. The fraction of sp³-hybridized carbons (Fsp3) is 0.933. The maximum Gasteiger partial charge on any atom is 0.500 e. The van der Waals surface area contributed by atoms with Crippen LogP contribution in [0.25, 0.3) is 0 Å². The van der Waals surface area contributed by atoms with E-state index in [-0.39, 0.29) is 6.42 Å². The lowest BCUT2D eigenvalue weighted by atomic mass is 9.98. The molecule has 0 aromatic rings. The Labute approximate surface area is 154 Å². The van der Waals surface area contributed by atoms with Crippen LogP contribution in [0.5, 0.6) is 0 Å². The number of aliphatic hydroxyl groups is 4. The maximum absolute atomic E-state index is 12.1. The largest absolute Gasteiger partial charge is 0.500 e. The monoisotopic (exact) mass is 397 g/mol. The van der Waals surface area contributed by atoms with Crippen LogP contribution in [0.15, 0.2) is 0 Å². The van der Waals surface area contributed by atoms with Crippen molar-refractivity contribution in [1.82, 2.24) is 5.32 Å². The van der Waals surface area contributed by atoms with Gasteiger partial charge in [0.25, 0.3) is 0 Å². The van der Waals surface area contributed by atoms with Crippen LogP contribution in [0, 0.1) is 0 Å². The molecule has 26 heavy (non-hydrogen) atoms. The Bertz CT molecular complexity index is 420. The first-order valence-electron chi connectivity index (χ1n) is 8.77. The molecule has 10 nitrogen and oxygen atoms in total. The lowest BCUT2D eigenvalue weighted by Gasteiger charge is -2.40. The van der Waals surface area contributed by atoms with Gasteiger partial charge in [-0.1, -0.05) is 0 Å². The number of hydrogen-bond acceptors (Lipinski definition) is 9. The number of ether oxygens (including phenoxy) is 1. The fourth-order valence-corrected chi connectivity index (χ4v) is 5.06. The molecule has 0 bridgehead atoms. The third kappa shape index (κ3) is 6.22. The van der Waals surface area contributed by atoms with Crippen molar-refractivity contribution in [3.8, 4) is 0 Å². The van der Waals surface area contributed by atoms with E-state index in [1.54, 1.807) is 0 Å². The van der Waals surface area contributed by atoms with Crippen molar-refractivity contribution in [3.63, 3.8) is 0 Å². The van der Waals surface area contributed by atoms with Crippen LogP contribution in [-0.2, 0) is 22.8 Å². The highest BCUT2D eigenvalue weighted by Gasteiger charge is 2.44. The molecule has 1 heterocycles. The van der Waals surface area contributed by atoms with Gasteiger partial charge >= 0.3 is 8.80 Å². The minimum Gasteiger partial charge on any atom is -0.394 e. The molecule has 11 heteroatoms. The van der Waals surface area contributed by atoms with Gasteiger partial charge in [-0.25, -0.2) is 0 Å². The van der Waals surface area contributed by atoms with Crippen LogP contribution < -0.4 is 5.32 Å². The van der Waals surface area contributed by atoms with E-state index in [9.17, 15) is 20.1 Å². The molecule has 1 aliphatic heterocycles. The van der Waals surface area contributed by atoms with Gasteiger partial charge in [-0.3, -0.25) is 4.79 Å². The van der Waals surface area contributed by atoms with Gasteiger partial charge in [-0.2, -0.15) is 0 Å². The van der Waals surface area contributed by atoms with Gasteiger partial charge in [0.15, 0.2) is 6.23 Å². The van der Waals surface area contributed by atoms with E-state index in [0.29, 0.717) is 25.7 Å². The lowest BCUT2D eigenvalue weighted by molar-refractivity contribution is -0.235. The highest BCUT2D eigenvalue weighted by atomic mass is 28.4. The third-order valence-electron chi connectivity index (χ3n) is 4.12. The minimum atomic E-state index is -2.81. The van der Waals surface area contributed by atoms with Gasteiger partial charge in [0.05, 0.1) is 6.61 Å². The predicted molar refractivity (Wildman–Crippen MR) is 92.0 cm³/mol. The molecule has 1 amide bonds. The summed E-state index contributed by atoms with van der Waals surface area (Å²) in [6, 6.07) is 0.452. The van der Waals surface area contributed by atoms with Crippen LogP contribution >= 0.6 is 0 Å². The summed E-state index contributed by atoms with van der Waals surface area (Å²) in [6.45, 7) is 4.01. The highest BCUT2D eigenvalue weighted by Crippen LogP contribution is 2.21. The van der Waals surface area contributed by atoms with Gasteiger partial charge < -0.3 is 43.8 Å². The third-order valence-corrected chi connectivity index (χ3v) is 7.17. The molecule has 0 spiro atoms. The second kappa shape index (κ2) is 11.3.